The summed E-state index contributed by atoms with van der Waals surface area (Å²) in [4.78, 5) is 12.5. The van der Waals surface area contributed by atoms with Crippen LogP contribution in [-0.2, 0) is 11.5 Å². The van der Waals surface area contributed by atoms with Crippen molar-refractivity contribution in [3.8, 4) is 0 Å². The zero-order chi connectivity index (χ0) is 17.3. The van der Waals surface area contributed by atoms with Gasteiger partial charge in [-0.15, -0.1) is 0 Å². The molecule has 2 aromatic carbocycles. The summed E-state index contributed by atoms with van der Waals surface area (Å²) < 4.78 is 6.21. The maximum Gasteiger partial charge on any atom is 0.239 e. The van der Waals surface area contributed by atoms with E-state index >= 15 is 0 Å². The van der Waals surface area contributed by atoms with Crippen molar-refractivity contribution >= 4 is 47.4 Å². The minimum Gasteiger partial charge on any atom is -0.298 e. The van der Waals surface area contributed by atoms with Gasteiger partial charge in [0.15, 0.2) is 0 Å². The molecule has 1 heterocycles. The van der Waals surface area contributed by atoms with Gasteiger partial charge in [-0.1, -0.05) is 60.7 Å². The fourth-order valence-electron chi connectivity index (χ4n) is 1.96. The first-order valence-corrected chi connectivity index (χ1v) is 9.89. The second kappa shape index (κ2) is 9.50. The van der Waals surface area contributed by atoms with E-state index in [4.69, 9.17) is 11.6 Å². The molecule has 0 aliphatic carbocycles. The van der Waals surface area contributed by atoms with Gasteiger partial charge in [0.05, 0.1) is 0 Å². The molecule has 8 heteroatoms. The first-order chi connectivity index (χ1) is 12.3. The molecule has 2 N–H and O–H groups in total. The topological polar surface area (TPSA) is 62.7 Å². The van der Waals surface area contributed by atoms with Crippen LogP contribution >= 0.6 is 35.5 Å². The first-order valence-electron chi connectivity index (χ1n) is 7.54. The maximum absolute atomic E-state index is 5.98. The Hall–Kier alpha value is -1.96. The van der Waals surface area contributed by atoms with Crippen molar-refractivity contribution in [3.63, 3.8) is 0 Å². The largest absolute Gasteiger partial charge is 0.298 e. The van der Waals surface area contributed by atoms with E-state index in [9.17, 15) is 0 Å². The Morgan fingerprint density at radius 1 is 0.680 bits per heavy atom. The third kappa shape index (κ3) is 6.12. The van der Waals surface area contributed by atoms with Crippen molar-refractivity contribution in [2.45, 2.75) is 11.5 Å². The number of hydrogen-bond acceptors (Lipinski definition) is 7. The molecule has 0 saturated carbocycles. The first kappa shape index (κ1) is 17.8. The number of halogens is 1. The van der Waals surface area contributed by atoms with E-state index in [0.29, 0.717) is 11.9 Å². The van der Waals surface area contributed by atoms with Gasteiger partial charge < -0.3 is 0 Å². The SMILES string of the molecule is Clc1nc(NSCc2ccccc2)nc(NSCc2ccccc2)n1. The number of nitrogens with zero attached hydrogens (tertiary/aromatic N) is 3. The standard InChI is InChI=1S/C17H16ClN5S2/c18-15-19-16(22-24-11-13-7-3-1-4-8-13)21-17(20-15)23-25-12-14-9-5-2-6-10-14/h1-10H,11-12H2,(H2,19,20,21,22,23). The van der Waals surface area contributed by atoms with Gasteiger partial charge in [0, 0.05) is 11.5 Å². The predicted octanol–water partition coefficient (Wildman–Crippen LogP) is 5.05. The monoisotopic (exact) mass is 389 g/mol. The molecule has 3 aromatic rings. The number of rotatable bonds is 8. The summed E-state index contributed by atoms with van der Waals surface area (Å²) >= 11 is 8.98. The highest BCUT2D eigenvalue weighted by Gasteiger charge is 2.05. The third-order valence-electron chi connectivity index (χ3n) is 3.10. The Morgan fingerprint density at radius 2 is 1.12 bits per heavy atom. The minimum atomic E-state index is 0.153. The van der Waals surface area contributed by atoms with E-state index < -0.39 is 0 Å². The molecule has 0 saturated heterocycles. The highest BCUT2D eigenvalue weighted by atomic mass is 35.5. The minimum absolute atomic E-state index is 0.153. The van der Waals surface area contributed by atoms with Crippen LogP contribution in [0.1, 0.15) is 11.1 Å². The van der Waals surface area contributed by atoms with Gasteiger partial charge in [-0.25, -0.2) is 0 Å². The summed E-state index contributed by atoms with van der Waals surface area (Å²) in [6.45, 7) is 0. The van der Waals surface area contributed by atoms with Crippen LogP contribution in [0.15, 0.2) is 60.7 Å². The molecule has 3 rings (SSSR count). The van der Waals surface area contributed by atoms with E-state index in [1.807, 2.05) is 36.4 Å². The van der Waals surface area contributed by atoms with Gasteiger partial charge in [0.1, 0.15) is 0 Å². The van der Waals surface area contributed by atoms with Crippen molar-refractivity contribution in [3.05, 3.63) is 77.1 Å². The molecule has 0 unspecified atom stereocenters. The van der Waals surface area contributed by atoms with Gasteiger partial charge >= 0.3 is 0 Å². The van der Waals surface area contributed by atoms with E-state index in [1.54, 1.807) is 0 Å². The van der Waals surface area contributed by atoms with Crippen LogP contribution in [0.3, 0.4) is 0 Å². The van der Waals surface area contributed by atoms with Gasteiger partial charge in [-0.3, -0.25) is 9.44 Å². The molecule has 0 aliphatic rings. The molecular weight excluding hydrogens is 374 g/mol. The fourth-order valence-corrected chi connectivity index (χ4v) is 3.42. The van der Waals surface area contributed by atoms with Gasteiger partial charge in [0.25, 0.3) is 0 Å². The summed E-state index contributed by atoms with van der Waals surface area (Å²) in [5.41, 5.74) is 2.44. The zero-order valence-electron chi connectivity index (χ0n) is 13.2. The highest BCUT2D eigenvalue weighted by molar-refractivity contribution is 8.00. The van der Waals surface area contributed by atoms with Crippen molar-refractivity contribution in [1.29, 1.82) is 0 Å². The van der Waals surface area contributed by atoms with Crippen LogP contribution in [0.4, 0.5) is 11.9 Å². The van der Waals surface area contributed by atoms with Gasteiger partial charge in [-0.2, -0.15) is 15.0 Å². The Morgan fingerprint density at radius 3 is 1.56 bits per heavy atom. The number of benzene rings is 2. The Balaban J connectivity index is 1.51. The van der Waals surface area contributed by atoms with E-state index in [0.717, 1.165) is 11.5 Å². The molecule has 1 aromatic heterocycles. The second-order valence-corrected chi connectivity index (χ2v) is 6.91. The van der Waals surface area contributed by atoms with E-state index in [1.165, 1.54) is 35.0 Å². The molecule has 5 nitrogen and oxygen atoms in total. The van der Waals surface area contributed by atoms with Crippen molar-refractivity contribution in [2.75, 3.05) is 9.44 Å². The number of hydrogen-bond donors (Lipinski definition) is 2. The molecule has 0 spiro atoms. The summed E-state index contributed by atoms with van der Waals surface area (Å²) in [6.07, 6.45) is 0. The molecule has 0 radical (unpaired) electrons. The lowest BCUT2D eigenvalue weighted by Gasteiger charge is -2.07. The lowest BCUT2D eigenvalue weighted by atomic mass is 10.2. The molecule has 128 valence electrons. The number of nitrogens with one attached hydrogen (secondary N) is 2. The molecular formula is C17H16ClN5S2. The normalized spacial score (nSPS) is 10.4. The highest BCUT2D eigenvalue weighted by Crippen LogP contribution is 2.19. The molecule has 0 atom stereocenters. The molecule has 0 bridgehead atoms. The summed E-state index contributed by atoms with van der Waals surface area (Å²) in [5, 5.41) is 0.153. The van der Waals surface area contributed by atoms with Crippen LogP contribution in [0.2, 0.25) is 5.28 Å². The number of aromatic nitrogens is 3. The average Bonchev–Trinajstić information content (AvgIpc) is 2.63. The average molecular weight is 390 g/mol. The lowest BCUT2D eigenvalue weighted by molar-refractivity contribution is 1.08. The second-order valence-electron chi connectivity index (χ2n) is 5.00. The zero-order valence-corrected chi connectivity index (χ0v) is 15.6. The smallest absolute Gasteiger partial charge is 0.239 e. The molecule has 0 aliphatic heterocycles. The van der Waals surface area contributed by atoms with Gasteiger partial charge in [-0.05, 0) is 46.6 Å². The lowest BCUT2D eigenvalue weighted by Crippen LogP contribution is -2.02. The quantitative estimate of drug-likeness (QED) is 0.523. The third-order valence-corrected chi connectivity index (χ3v) is 4.88. The van der Waals surface area contributed by atoms with Crippen LogP contribution in [0.25, 0.3) is 0 Å². The fraction of sp³-hybridized carbons (Fsp3) is 0.118. The predicted molar refractivity (Wildman–Crippen MR) is 108 cm³/mol. The van der Waals surface area contributed by atoms with Crippen LogP contribution in [0.5, 0.6) is 0 Å². The summed E-state index contributed by atoms with van der Waals surface area (Å²) in [5.74, 6) is 2.47. The van der Waals surface area contributed by atoms with Crippen LogP contribution < -0.4 is 9.44 Å². The Kier molecular flexibility index (Phi) is 6.79. The van der Waals surface area contributed by atoms with E-state index in [2.05, 4.69) is 48.7 Å². The summed E-state index contributed by atoms with van der Waals surface area (Å²) in [6, 6.07) is 20.3. The molecule has 25 heavy (non-hydrogen) atoms. The molecule has 0 amide bonds. The van der Waals surface area contributed by atoms with Crippen LogP contribution in [0, 0.1) is 0 Å². The van der Waals surface area contributed by atoms with Crippen molar-refractivity contribution < 1.29 is 0 Å². The van der Waals surface area contributed by atoms with Gasteiger partial charge in [0.2, 0.25) is 17.2 Å². The molecule has 0 fully saturated rings. The Labute approximate surface area is 160 Å². The van der Waals surface area contributed by atoms with Crippen molar-refractivity contribution in [2.24, 2.45) is 0 Å². The number of anilines is 2. The van der Waals surface area contributed by atoms with Crippen molar-refractivity contribution in [1.82, 2.24) is 15.0 Å². The van der Waals surface area contributed by atoms with Crippen LogP contribution in [-0.4, -0.2) is 15.0 Å². The van der Waals surface area contributed by atoms with E-state index in [-0.39, 0.29) is 5.28 Å². The summed E-state index contributed by atoms with van der Waals surface area (Å²) in [7, 11) is 0. The maximum atomic E-state index is 5.98. The Bertz CT molecular complexity index is 726.